The molecule has 0 aromatic rings. The molecule has 2 saturated carbocycles. The summed E-state index contributed by atoms with van der Waals surface area (Å²) >= 11 is 0. The first kappa shape index (κ1) is 13.4. The van der Waals surface area contributed by atoms with Gasteiger partial charge in [0, 0.05) is 30.7 Å². The van der Waals surface area contributed by atoms with Crippen LogP contribution < -0.4 is 11.1 Å². The minimum Gasteiger partial charge on any atom is -0.352 e. The van der Waals surface area contributed by atoms with Crippen LogP contribution in [0.15, 0.2) is 0 Å². The molecule has 1 amide bonds. The van der Waals surface area contributed by atoms with Gasteiger partial charge in [0.15, 0.2) is 0 Å². The van der Waals surface area contributed by atoms with Gasteiger partial charge in [-0.1, -0.05) is 12.8 Å². The molecule has 19 heavy (non-hydrogen) atoms. The van der Waals surface area contributed by atoms with E-state index in [1.807, 2.05) is 6.92 Å². The fourth-order valence-electron chi connectivity index (χ4n) is 3.77. The highest BCUT2D eigenvalue weighted by Crippen LogP contribution is 2.33. The molecule has 3 rings (SSSR count). The molecular weight excluding hydrogens is 238 g/mol. The van der Waals surface area contributed by atoms with E-state index in [2.05, 4.69) is 10.2 Å². The predicted octanol–water partition coefficient (Wildman–Crippen LogP) is 1.25. The summed E-state index contributed by atoms with van der Waals surface area (Å²) in [7, 11) is 0. The number of rotatable bonds is 3. The number of nitrogens with zero attached hydrogens (tertiary/aromatic N) is 1. The van der Waals surface area contributed by atoms with Crippen LogP contribution in [-0.4, -0.2) is 41.5 Å². The van der Waals surface area contributed by atoms with Gasteiger partial charge in [-0.05, 0) is 39.0 Å². The van der Waals surface area contributed by atoms with Crippen molar-refractivity contribution in [2.75, 3.05) is 13.1 Å². The van der Waals surface area contributed by atoms with E-state index in [0.29, 0.717) is 6.04 Å². The fraction of sp³-hybridized carbons (Fsp3) is 0.933. The standard InChI is InChI=1S/C15H27N3O/c1-15(16)8-3-2-4-13(15)14(19)17-11-7-9-18(10-11)12-5-6-12/h11-13H,2-10,16H2,1H3,(H,17,19). The van der Waals surface area contributed by atoms with Crippen molar-refractivity contribution in [1.29, 1.82) is 0 Å². The Morgan fingerprint density at radius 1 is 1.26 bits per heavy atom. The molecule has 1 aliphatic heterocycles. The van der Waals surface area contributed by atoms with Crippen molar-refractivity contribution >= 4 is 5.91 Å². The molecule has 1 heterocycles. The molecule has 0 aromatic carbocycles. The van der Waals surface area contributed by atoms with Crippen LogP contribution in [0.3, 0.4) is 0 Å². The molecular formula is C15H27N3O. The molecule has 0 spiro atoms. The van der Waals surface area contributed by atoms with E-state index in [0.717, 1.165) is 51.2 Å². The summed E-state index contributed by atoms with van der Waals surface area (Å²) in [6.07, 6.45) is 8.05. The van der Waals surface area contributed by atoms with Crippen molar-refractivity contribution in [3.63, 3.8) is 0 Å². The SMILES string of the molecule is CC1(N)CCCCC1C(=O)NC1CCN(C2CC2)C1. The van der Waals surface area contributed by atoms with Crippen molar-refractivity contribution < 1.29 is 4.79 Å². The third-order valence-electron chi connectivity index (χ3n) is 5.20. The van der Waals surface area contributed by atoms with Crippen LogP contribution in [0.1, 0.15) is 51.9 Å². The molecule has 0 radical (unpaired) electrons. The van der Waals surface area contributed by atoms with Crippen molar-refractivity contribution in [3.8, 4) is 0 Å². The third kappa shape index (κ3) is 2.95. The largest absolute Gasteiger partial charge is 0.352 e. The molecule has 3 unspecified atom stereocenters. The lowest BCUT2D eigenvalue weighted by Crippen LogP contribution is -2.54. The van der Waals surface area contributed by atoms with Gasteiger partial charge in [0.2, 0.25) is 5.91 Å². The number of hydrogen-bond donors (Lipinski definition) is 2. The first-order valence-corrected chi connectivity index (χ1v) is 7.89. The third-order valence-corrected chi connectivity index (χ3v) is 5.20. The van der Waals surface area contributed by atoms with Crippen molar-refractivity contribution in [2.24, 2.45) is 11.7 Å². The van der Waals surface area contributed by atoms with E-state index in [-0.39, 0.29) is 17.4 Å². The fourth-order valence-corrected chi connectivity index (χ4v) is 3.77. The van der Waals surface area contributed by atoms with Crippen molar-refractivity contribution in [1.82, 2.24) is 10.2 Å². The number of likely N-dealkylation sites (tertiary alicyclic amines) is 1. The highest BCUT2D eigenvalue weighted by Gasteiger charge is 2.40. The van der Waals surface area contributed by atoms with E-state index >= 15 is 0 Å². The van der Waals surface area contributed by atoms with E-state index < -0.39 is 0 Å². The highest BCUT2D eigenvalue weighted by atomic mass is 16.2. The van der Waals surface area contributed by atoms with E-state index in [4.69, 9.17) is 5.73 Å². The summed E-state index contributed by atoms with van der Waals surface area (Å²) in [4.78, 5) is 15.0. The second kappa shape index (κ2) is 5.06. The van der Waals surface area contributed by atoms with E-state index in [9.17, 15) is 4.79 Å². The maximum absolute atomic E-state index is 12.5. The first-order valence-electron chi connectivity index (χ1n) is 7.89. The van der Waals surface area contributed by atoms with Crippen LogP contribution in [0, 0.1) is 5.92 Å². The normalized spacial score (nSPS) is 40.3. The Morgan fingerprint density at radius 2 is 2.05 bits per heavy atom. The lowest BCUT2D eigenvalue weighted by atomic mass is 9.74. The Balaban J connectivity index is 1.53. The van der Waals surface area contributed by atoms with Crippen molar-refractivity contribution in [3.05, 3.63) is 0 Å². The minimum atomic E-state index is -0.308. The maximum Gasteiger partial charge on any atom is 0.225 e. The summed E-state index contributed by atoms with van der Waals surface area (Å²) in [5.74, 6) is 0.212. The van der Waals surface area contributed by atoms with Crippen LogP contribution in [0.4, 0.5) is 0 Å². The number of nitrogens with two attached hydrogens (primary N) is 1. The highest BCUT2D eigenvalue weighted by molar-refractivity contribution is 5.80. The quantitative estimate of drug-likeness (QED) is 0.807. The minimum absolute atomic E-state index is 0.0104. The molecule has 1 saturated heterocycles. The molecule has 3 fully saturated rings. The molecule has 108 valence electrons. The van der Waals surface area contributed by atoms with Crippen LogP contribution in [0.25, 0.3) is 0 Å². The van der Waals surface area contributed by atoms with Gasteiger partial charge in [-0.15, -0.1) is 0 Å². The monoisotopic (exact) mass is 265 g/mol. The lowest BCUT2D eigenvalue weighted by Gasteiger charge is -2.37. The topological polar surface area (TPSA) is 58.4 Å². The molecule has 3 N–H and O–H groups in total. The second-order valence-corrected chi connectivity index (χ2v) is 7.02. The summed E-state index contributed by atoms with van der Waals surface area (Å²) in [5, 5.41) is 3.26. The molecule has 3 aliphatic rings. The zero-order valence-corrected chi connectivity index (χ0v) is 12.0. The Kier molecular flexibility index (Phi) is 3.56. The summed E-state index contributed by atoms with van der Waals surface area (Å²) in [6.45, 7) is 4.24. The predicted molar refractivity (Wildman–Crippen MR) is 75.7 cm³/mol. The molecule has 4 nitrogen and oxygen atoms in total. The molecule has 3 atom stereocenters. The smallest absolute Gasteiger partial charge is 0.225 e. The Morgan fingerprint density at radius 3 is 2.74 bits per heavy atom. The molecule has 0 bridgehead atoms. The Hall–Kier alpha value is -0.610. The number of carbonyl (C=O) groups is 1. The van der Waals surface area contributed by atoms with Crippen molar-refractivity contribution in [2.45, 2.75) is 69.5 Å². The zero-order valence-electron chi connectivity index (χ0n) is 12.0. The average molecular weight is 265 g/mol. The first-order chi connectivity index (χ1) is 9.06. The van der Waals surface area contributed by atoms with Crippen LogP contribution in [0.5, 0.6) is 0 Å². The molecule has 2 aliphatic carbocycles. The number of hydrogen-bond acceptors (Lipinski definition) is 3. The van der Waals surface area contributed by atoms with E-state index in [1.54, 1.807) is 0 Å². The second-order valence-electron chi connectivity index (χ2n) is 7.02. The van der Waals surface area contributed by atoms with Gasteiger partial charge in [-0.25, -0.2) is 0 Å². The van der Waals surface area contributed by atoms with Gasteiger partial charge < -0.3 is 11.1 Å². The van der Waals surface area contributed by atoms with Gasteiger partial charge in [0.25, 0.3) is 0 Å². The summed E-state index contributed by atoms with van der Waals surface area (Å²) in [6, 6.07) is 1.17. The van der Waals surface area contributed by atoms with Crippen LogP contribution in [0.2, 0.25) is 0 Å². The van der Waals surface area contributed by atoms with Crippen LogP contribution in [-0.2, 0) is 4.79 Å². The molecule has 4 heteroatoms. The van der Waals surface area contributed by atoms with Gasteiger partial charge in [-0.3, -0.25) is 9.69 Å². The Bertz CT molecular complexity index is 351. The number of nitrogens with one attached hydrogen (secondary N) is 1. The number of amides is 1. The summed E-state index contributed by atoms with van der Waals surface area (Å²) < 4.78 is 0. The van der Waals surface area contributed by atoms with Gasteiger partial charge in [0.1, 0.15) is 0 Å². The van der Waals surface area contributed by atoms with Crippen LogP contribution >= 0.6 is 0 Å². The van der Waals surface area contributed by atoms with Gasteiger partial charge >= 0.3 is 0 Å². The van der Waals surface area contributed by atoms with E-state index in [1.165, 1.54) is 12.8 Å². The number of carbonyl (C=O) groups excluding carboxylic acids is 1. The Labute approximate surface area is 116 Å². The lowest BCUT2D eigenvalue weighted by molar-refractivity contribution is -0.128. The van der Waals surface area contributed by atoms with Gasteiger partial charge in [-0.2, -0.15) is 0 Å². The van der Waals surface area contributed by atoms with Gasteiger partial charge in [0.05, 0.1) is 5.92 Å². The zero-order chi connectivity index (χ0) is 13.5. The average Bonchev–Trinajstić information content (AvgIpc) is 3.10. The summed E-state index contributed by atoms with van der Waals surface area (Å²) in [5.41, 5.74) is 6.00. The molecule has 0 aromatic heterocycles. The maximum atomic E-state index is 12.5.